The summed E-state index contributed by atoms with van der Waals surface area (Å²) in [5.41, 5.74) is 4.76. The van der Waals surface area contributed by atoms with Gasteiger partial charge in [0.05, 0.1) is 24.0 Å². The first-order chi connectivity index (χ1) is 13.4. The van der Waals surface area contributed by atoms with Gasteiger partial charge in [0.2, 0.25) is 0 Å². The minimum atomic E-state index is 0.537. The van der Waals surface area contributed by atoms with Crippen LogP contribution >= 0.6 is 0 Å². The maximum absolute atomic E-state index is 5.42. The molecule has 0 atom stereocenters. The molecule has 3 heteroatoms. The van der Waals surface area contributed by atoms with Crippen LogP contribution in [0, 0.1) is 0 Å². The molecule has 1 saturated carbocycles. The maximum atomic E-state index is 5.42. The van der Waals surface area contributed by atoms with Gasteiger partial charge in [-0.3, -0.25) is 0 Å². The van der Waals surface area contributed by atoms with Gasteiger partial charge < -0.3 is 9.73 Å². The number of benzene rings is 2. The Bertz CT molecular complexity index is 1030. The molecule has 134 valence electrons. The van der Waals surface area contributed by atoms with Crippen molar-refractivity contribution in [3.05, 3.63) is 90.4 Å². The third-order valence-corrected chi connectivity index (χ3v) is 5.52. The van der Waals surface area contributed by atoms with Crippen molar-refractivity contribution in [2.75, 3.05) is 0 Å². The predicted molar refractivity (Wildman–Crippen MR) is 108 cm³/mol. The Kier molecular flexibility index (Phi) is 4.23. The van der Waals surface area contributed by atoms with Gasteiger partial charge in [-0.1, -0.05) is 48.5 Å². The molecule has 2 aromatic carbocycles. The van der Waals surface area contributed by atoms with E-state index >= 15 is 0 Å². The van der Waals surface area contributed by atoms with Crippen molar-refractivity contribution in [1.82, 2.24) is 10.3 Å². The average molecular weight is 354 g/mol. The minimum absolute atomic E-state index is 0.537. The molecule has 4 aromatic rings. The summed E-state index contributed by atoms with van der Waals surface area (Å²) in [6, 6.07) is 25.8. The van der Waals surface area contributed by atoms with Crippen LogP contribution in [0.2, 0.25) is 0 Å². The number of nitrogens with one attached hydrogen (secondary N) is 1. The molecule has 1 aliphatic rings. The highest BCUT2D eigenvalue weighted by Gasteiger charge is 2.32. The van der Waals surface area contributed by atoms with Crippen LogP contribution in [0.5, 0.6) is 0 Å². The Labute approximate surface area is 159 Å². The number of rotatable bonds is 5. The number of hydrogen-bond acceptors (Lipinski definition) is 3. The zero-order valence-corrected chi connectivity index (χ0v) is 15.1. The van der Waals surface area contributed by atoms with Crippen LogP contribution in [0.1, 0.15) is 30.1 Å². The van der Waals surface area contributed by atoms with Crippen molar-refractivity contribution in [1.29, 1.82) is 0 Å². The van der Waals surface area contributed by atoms with Crippen LogP contribution in [-0.4, -0.2) is 11.0 Å². The number of furan rings is 1. The van der Waals surface area contributed by atoms with E-state index in [1.807, 2.05) is 12.1 Å². The van der Waals surface area contributed by atoms with Gasteiger partial charge in [0.1, 0.15) is 5.76 Å². The molecule has 0 radical (unpaired) electrons. The molecule has 0 bridgehead atoms. The molecule has 0 unspecified atom stereocenters. The molecule has 2 aromatic heterocycles. The van der Waals surface area contributed by atoms with Gasteiger partial charge in [-0.05, 0) is 48.6 Å². The molecule has 0 spiro atoms. The Morgan fingerprint density at radius 1 is 0.926 bits per heavy atom. The van der Waals surface area contributed by atoms with Gasteiger partial charge in [0.15, 0.2) is 0 Å². The zero-order valence-electron chi connectivity index (χ0n) is 15.1. The number of hydrogen-bond donors (Lipinski definition) is 1. The molecule has 1 N–H and O–H groups in total. The molecular formula is C24H22N2O. The topological polar surface area (TPSA) is 38.1 Å². The number of fused-ring (bicyclic) bond motifs is 1. The highest BCUT2D eigenvalue weighted by molar-refractivity contribution is 5.83. The van der Waals surface area contributed by atoms with Gasteiger partial charge in [-0.15, -0.1) is 0 Å². The van der Waals surface area contributed by atoms with Crippen molar-refractivity contribution < 1.29 is 4.42 Å². The van der Waals surface area contributed by atoms with E-state index in [2.05, 4.69) is 66.0 Å². The van der Waals surface area contributed by atoms with E-state index < -0.39 is 0 Å². The van der Waals surface area contributed by atoms with E-state index in [0.29, 0.717) is 12.0 Å². The van der Waals surface area contributed by atoms with Gasteiger partial charge in [-0.25, -0.2) is 4.98 Å². The highest BCUT2D eigenvalue weighted by atomic mass is 16.3. The monoisotopic (exact) mass is 354 g/mol. The molecule has 1 aliphatic carbocycles. The number of nitrogens with zero attached hydrogens (tertiary/aromatic N) is 1. The SMILES string of the molecule is c1ccc(-c2nc3ccccc3cc2C2CC(NCc3ccco3)C2)cc1. The summed E-state index contributed by atoms with van der Waals surface area (Å²) in [6.07, 6.45) is 4.01. The average Bonchev–Trinajstić information content (AvgIpc) is 3.20. The lowest BCUT2D eigenvalue weighted by Crippen LogP contribution is -2.39. The van der Waals surface area contributed by atoms with Gasteiger partial charge >= 0.3 is 0 Å². The standard InChI is InChI=1S/C24H22N2O/c1-2-7-17(8-3-1)24-22(15-18-9-4-5-11-23(18)26-24)19-13-20(14-19)25-16-21-10-6-12-27-21/h1-12,15,19-20,25H,13-14,16H2. The molecule has 0 amide bonds. The molecule has 0 aliphatic heterocycles. The van der Waals surface area contributed by atoms with Crippen LogP contribution in [0.15, 0.2) is 83.5 Å². The van der Waals surface area contributed by atoms with Gasteiger partial charge in [0.25, 0.3) is 0 Å². The lowest BCUT2D eigenvalue weighted by atomic mass is 9.74. The first-order valence-corrected chi connectivity index (χ1v) is 9.58. The molecule has 5 rings (SSSR count). The third kappa shape index (κ3) is 3.26. The number of para-hydroxylation sites is 1. The molecule has 1 fully saturated rings. The Balaban J connectivity index is 1.41. The lowest BCUT2D eigenvalue weighted by molar-refractivity contribution is 0.282. The first-order valence-electron chi connectivity index (χ1n) is 9.58. The molecule has 2 heterocycles. The summed E-state index contributed by atoms with van der Waals surface area (Å²) >= 11 is 0. The second-order valence-corrected chi connectivity index (χ2v) is 7.31. The molecule has 27 heavy (non-hydrogen) atoms. The van der Waals surface area contributed by atoms with E-state index in [4.69, 9.17) is 9.40 Å². The quantitative estimate of drug-likeness (QED) is 0.512. The van der Waals surface area contributed by atoms with E-state index in [0.717, 1.165) is 36.4 Å². The fraction of sp³-hybridized carbons (Fsp3) is 0.208. The molecule has 0 saturated heterocycles. The summed E-state index contributed by atoms with van der Waals surface area (Å²) < 4.78 is 5.42. The Morgan fingerprint density at radius 3 is 2.56 bits per heavy atom. The Morgan fingerprint density at radius 2 is 1.74 bits per heavy atom. The summed E-state index contributed by atoms with van der Waals surface area (Å²) in [5, 5.41) is 4.82. The van der Waals surface area contributed by atoms with Crippen molar-refractivity contribution in [3.8, 4) is 11.3 Å². The number of pyridine rings is 1. The summed E-state index contributed by atoms with van der Waals surface area (Å²) in [6.45, 7) is 0.798. The second kappa shape index (κ2) is 7.01. The summed E-state index contributed by atoms with van der Waals surface area (Å²) in [5.74, 6) is 1.54. The number of aromatic nitrogens is 1. The van der Waals surface area contributed by atoms with E-state index in [1.54, 1.807) is 6.26 Å². The second-order valence-electron chi connectivity index (χ2n) is 7.31. The first kappa shape index (κ1) is 16.3. The van der Waals surface area contributed by atoms with Crippen molar-refractivity contribution >= 4 is 10.9 Å². The van der Waals surface area contributed by atoms with E-state index in [9.17, 15) is 0 Å². The fourth-order valence-electron chi connectivity index (χ4n) is 3.97. The summed E-state index contributed by atoms with van der Waals surface area (Å²) in [4.78, 5) is 5.02. The van der Waals surface area contributed by atoms with Crippen molar-refractivity contribution in [3.63, 3.8) is 0 Å². The normalized spacial score (nSPS) is 19.1. The predicted octanol–water partition coefficient (Wildman–Crippen LogP) is 5.53. The molecular weight excluding hydrogens is 332 g/mol. The maximum Gasteiger partial charge on any atom is 0.117 e. The van der Waals surface area contributed by atoms with Crippen LogP contribution in [0.25, 0.3) is 22.2 Å². The van der Waals surface area contributed by atoms with Gasteiger partial charge in [0, 0.05) is 17.0 Å². The largest absolute Gasteiger partial charge is 0.468 e. The van der Waals surface area contributed by atoms with Crippen LogP contribution < -0.4 is 5.32 Å². The highest BCUT2D eigenvalue weighted by Crippen LogP contribution is 2.42. The van der Waals surface area contributed by atoms with Crippen LogP contribution in [0.4, 0.5) is 0 Å². The minimum Gasteiger partial charge on any atom is -0.468 e. The summed E-state index contributed by atoms with van der Waals surface area (Å²) in [7, 11) is 0. The zero-order chi connectivity index (χ0) is 18.1. The smallest absolute Gasteiger partial charge is 0.117 e. The van der Waals surface area contributed by atoms with Crippen LogP contribution in [0.3, 0.4) is 0 Å². The van der Waals surface area contributed by atoms with Crippen molar-refractivity contribution in [2.45, 2.75) is 31.3 Å². The van der Waals surface area contributed by atoms with Gasteiger partial charge in [-0.2, -0.15) is 0 Å². The van der Waals surface area contributed by atoms with Crippen LogP contribution in [-0.2, 0) is 6.54 Å². The van der Waals surface area contributed by atoms with E-state index in [-0.39, 0.29) is 0 Å². The molecule has 3 nitrogen and oxygen atoms in total. The Hall–Kier alpha value is -2.91. The van der Waals surface area contributed by atoms with Crippen molar-refractivity contribution in [2.24, 2.45) is 0 Å². The third-order valence-electron chi connectivity index (χ3n) is 5.52. The fourth-order valence-corrected chi connectivity index (χ4v) is 3.97. The van der Waals surface area contributed by atoms with E-state index in [1.165, 1.54) is 16.5 Å². The lowest BCUT2D eigenvalue weighted by Gasteiger charge is -2.37.